The zero-order valence-electron chi connectivity index (χ0n) is 13.0. The number of nitrogens with zero attached hydrogens (tertiary/aromatic N) is 2. The molecule has 0 aromatic heterocycles. The van der Waals surface area contributed by atoms with Crippen LogP contribution in [-0.2, 0) is 5.54 Å². The van der Waals surface area contributed by atoms with E-state index < -0.39 is 5.54 Å². The van der Waals surface area contributed by atoms with E-state index in [9.17, 15) is 5.26 Å². The molecule has 0 fully saturated rings. The lowest BCUT2D eigenvalue weighted by Gasteiger charge is -2.26. The molecule has 1 N–H and O–H groups in total. The highest BCUT2D eigenvalue weighted by Crippen LogP contribution is 2.27. The highest BCUT2D eigenvalue weighted by molar-refractivity contribution is 5.54. The van der Waals surface area contributed by atoms with Gasteiger partial charge in [-0.3, -0.25) is 0 Å². The van der Waals surface area contributed by atoms with Gasteiger partial charge in [0.15, 0.2) is 0 Å². The molecule has 3 heteroatoms. The van der Waals surface area contributed by atoms with Crippen molar-refractivity contribution in [2.24, 2.45) is 0 Å². The maximum atomic E-state index is 9.62. The number of benzene rings is 2. The van der Waals surface area contributed by atoms with Crippen molar-refractivity contribution in [3.63, 3.8) is 0 Å². The van der Waals surface area contributed by atoms with E-state index in [-0.39, 0.29) is 0 Å². The van der Waals surface area contributed by atoms with E-state index in [0.717, 1.165) is 16.9 Å². The summed E-state index contributed by atoms with van der Waals surface area (Å²) in [4.78, 5) is 2.04. The molecule has 21 heavy (non-hydrogen) atoms. The Balaban J connectivity index is 2.30. The van der Waals surface area contributed by atoms with Gasteiger partial charge in [-0.2, -0.15) is 5.26 Å². The first-order chi connectivity index (χ1) is 9.94. The third-order valence-corrected chi connectivity index (χ3v) is 3.60. The van der Waals surface area contributed by atoms with Crippen LogP contribution in [-0.4, -0.2) is 14.1 Å². The maximum absolute atomic E-state index is 9.62. The Labute approximate surface area is 126 Å². The molecule has 0 saturated carbocycles. The SMILES string of the molecule is Cc1cccc(NC(C)(C#N)c2ccc(N(C)C)cc2)c1. The third kappa shape index (κ3) is 3.35. The van der Waals surface area contributed by atoms with Crippen molar-refractivity contribution >= 4 is 11.4 Å². The van der Waals surface area contributed by atoms with Crippen LogP contribution in [0.3, 0.4) is 0 Å². The molecule has 0 aliphatic rings. The molecule has 0 aliphatic carbocycles. The fraction of sp³-hybridized carbons (Fsp3) is 0.278. The van der Waals surface area contributed by atoms with Gasteiger partial charge < -0.3 is 10.2 Å². The van der Waals surface area contributed by atoms with Crippen molar-refractivity contribution in [3.05, 3.63) is 59.7 Å². The van der Waals surface area contributed by atoms with Gasteiger partial charge in [0.2, 0.25) is 0 Å². The molecule has 2 aromatic carbocycles. The average Bonchev–Trinajstić information content (AvgIpc) is 2.47. The molecule has 108 valence electrons. The number of nitrogens with one attached hydrogen (secondary N) is 1. The first-order valence-corrected chi connectivity index (χ1v) is 6.98. The summed E-state index contributed by atoms with van der Waals surface area (Å²) in [5.74, 6) is 0. The van der Waals surface area contributed by atoms with Gasteiger partial charge in [-0.05, 0) is 49.2 Å². The van der Waals surface area contributed by atoms with Gasteiger partial charge in [0, 0.05) is 25.5 Å². The van der Waals surface area contributed by atoms with Crippen LogP contribution in [0.15, 0.2) is 48.5 Å². The second-order valence-electron chi connectivity index (χ2n) is 5.67. The summed E-state index contributed by atoms with van der Waals surface area (Å²) < 4.78 is 0. The smallest absolute Gasteiger partial charge is 0.148 e. The minimum absolute atomic E-state index is 0.751. The Morgan fingerprint density at radius 1 is 1.10 bits per heavy atom. The zero-order valence-corrected chi connectivity index (χ0v) is 13.0. The summed E-state index contributed by atoms with van der Waals surface area (Å²) in [5.41, 5.74) is 3.45. The fourth-order valence-corrected chi connectivity index (χ4v) is 2.27. The number of rotatable bonds is 4. The number of anilines is 2. The first-order valence-electron chi connectivity index (χ1n) is 6.98. The summed E-state index contributed by atoms with van der Waals surface area (Å²) in [6, 6.07) is 18.5. The van der Waals surface area contributed by atoms with Gasteiger partial charge in [0.25, 0.3) is 0 Å². The Morgan fingerprint density at radius 3 is 2.29 bits per heavy atom. The first kappa shape index (κ1) is 14.9. The van der Waals surface area contributed by atoms with Gasteiger partial charge in [-0.15, -0.1) is 0 Å². The molecular weight excluding hydrogens is 258 g/mol. The van der Waals surface area contributed by atoms with E-state index in [2.05, 4.69) is 11.4 Å². The summed E-state index contributed by atoms with van der Waals surface area (Å²) >= 11 is 0. The van der Waals surface area contributed by atoms with Crippen LogP contribution in [0.5, 0.6) is 0 Å². The predicted octanol–water partition coefficient (Wildman–Crippen LogP) is 3.91. The monoisotopic (exact) mass is 279 g/mol. The Hall–Kier alpha value is -2.47. The van der Waals surface area contributed by atoms with E-state index >= 15 is 0 Å². The Bertz CT molecular complexity index is 653. The Morgan fingerprint density at radius 2 is 1.76 bits per heavy atom. The van der Waals surface area contributed by atoms with Gasteiger partial charge >= 0.3 is 0 Å². The zero-order chi connectivity index (χ0) is 15.5. The minimum atomic E-state index is -0.751. The second kappa shape index (κ2) is 5.88. The number of nitriles is 1. The van der Waals surface area contributed by atoms with Crippen LogP contribution in [0.25, 0.3) is 0 Å². The van der Waals surface area contributed by atoms with Crippen LogP contribution in [0.2, 0.25) is 0 Å². The average molecular weight is 279 g/mol. The van der Waals surface area contributed by atoms with E-state index in [1.165, 1.54) is 5.56 Å². The molecule has 0 bridgehead atoms. The number of hydrogen-bond donors (Lipinski definition) is 1. The van der Waals surface area contributed by atoms with Crippen LogP contribution < -0.4 is 10.2 Å². The molecule has 1 unspecified atom stereocenters. The fourth-order valence-electron chi connectivity index (χ4n) is 2.27. The maximum Gasteiger partial charge on any atom is 0.148 e. The molecule has 2 rings (SSSR count). The molecule has 0 aliphatic heterocycles. The molecular formula is C18H21N3. The number of aryl methyl sites for hydroxylation is 1. The standard InChI is InChI=1S/C18H21N3/c1-14-6-5-7-16(12-14)20-18(2,13-19)15-8-10-17(11-9-15)21(3)4/h5-12,20H,1-4H3. The summed E-state index contributed by atoms with van der Waals surface area (Å²) in [6.07, 6.45) is 0. The highest BCUT2D eigenvalue weighted by atomic mass is 15.1. The molecule has 1 atom stereocenters. The lowest BCUT2D eigenvalue weighted by atomic mass is 9.93. The largest absolute Gasteiger partial charge is 0.378 e. The summed E-state index contributed by atoms with van der Waals surface area (Å²) in [6.45, 7) is 3.95. The number of hydrogen-bond acceptors (Lipinski definition) is 3. The molecule has 2 aromatic rings. The second-order valence-corrected chi connectivity index (χ2v) is 5.67. The van der Waals surface area contributed by atoms with Crippen LogP contribution in [0.4, 0.5) is 11.4 Å². The van der Waals surface area contributed by atoms with Crippen molar-refractivity contribution in [2.75, 3.05) is 24.3 Å². The van der Waals surface area contributed by atoms with Crippen molar-refractivity contribution in [1.82, 2.24) is 0 Å². The van der Waals surface area contributed by atoms with Gasteiger partial charge in [-0.25, -0.2) is 0 Å². The summed E-state index contributed by atoms with van der Waals surface area (Å²) in [5, 5.41) is 13.0. The normalized spacial score (nSPS) is 13.1. The molecule has 0 saturated heterocycles. The van der Waals surface area contributed by atoms with Crippen LogP contribution >= 0.6 is 0 Å². The van der Waals surface area contributed by atoms with E-state index in [1.807, 2.05) is 81.4 Å². The van der Waals surface area contributed by atoms with Gasteiger partial charge in [-0.1, -0.05) is 24.3 Å². The molecule has 3 nitrogen and oxygen atoms in total. The van der Waals surface area contributed by atoms with Crippen molar-refractivity contribution in [2.45, 2.75) is 19.4 Å². The van der Waals surface area contributed by atoms with Crippen molar-refractivity contribution < 1.29 is 0 Å². The molecule has 0 spiro atoms. The van der Waals surface area contributed by atoms with Crippen molar-refractivity contribution in [1.29, 1.82) is 5.26 Å². The van der Waals surface area contributed by atoms with E-state index in [4.69, 9.17) is 0 Å². The lowest BCUT2D eigenvalue weighted by molar-refractivity contribution is 0.706. The Kier molecular flexibility index (Phi) is 4.18. The molecule has 0 heterocycles. The molecule has 0 radical (unpaired) electrons. The van der Waals surface area contributed by atoms with Crippen molar-refractivity contribution in [3.8, 4) is 6.07 Å². The van der Waals surface area contributed by atoms with Crippen LogP contribution in [0.1, 0.15) is 18.1 Å². The predicted molar refractivity (Wildman–Crippen MR) is 88.5 cm³/mol. The van der Waals surface area contributed by atoms with Gasteiger partial charge in [0.1, 0.15) is 5.54 Å². The molecule has 0 amide bonds. The van der Waals surface area contributed by atoms with Gasteiger partial charge in [0.05, 0.1) is 6.07 Å². The summed E-state index contributed by atoms with van der Waals surface area (Å²) in [7, 11) is 4.01. The topological polar surface area (TPSA) is 39.1 Å². The minimum Gasteiger partial charge on any atom is -0.378 e. The van der Waals surface area contributed by atoms with E-state index in [1.54, 1.807) is 0 Å². The quantitative estimate of drug-likeness (QED) is 0.922. The third-order valence-electron chi connectivity index (χ3n) is 3.60. The highest BCUT2D eigenvalue weighted by Gasteiger charge is 2.26. The van der Waals surface area contributed by atoms with Crippen LogP contribution in [0, 0.1) is 18.3 Å². The van der Waals surface area contributed by atoms with E-state index in [0.29, 0.717) is 0 Å². The lowest BCUT2D eigenvalue weighted by Crippen LogP contribution is -2.30.